The highest BCUT2D eigenvalue weighted by molar-refractivity contribution is 5.91. The first-order valence-corrected chi connectivity index (χ1v) is 4.72. The molecule has 9 heteroatoms. The number of nitrogens with two attached hydrogens (primary N) is 1. The van der Waals surface area contributed by atoms with Crippen LogP contribution < -0.4 is 5.73 Å². The highest BCUT2D eigenvalue weighted by Crippen LogP contribution is 2.32. The molecule has 0 aliphatic rings. The lowest BCUT2D eigenvalue weighted by atomic mass is 10.2. The summed E-state index contributed by atoms with van der Waals surface area (Å²) in [5, 5.41) is 15.1. The molecule has 0 saturated carbocycles. The summed E-state index contributed by atoms with van der Waals surface area (Å²) in [5.74, 6) is -1.29. The summed E-state index contributed by atoms with van der Waals surface area (Å²) in [6.45, 7) is 1.12. The normalized spacial score (nSPS) is 13.7. The van der Waals surface area contributed by atoms with Crippen LogP contribution in [0.2, 0.25) is 0 Å². The summed E-state index contributed by atoms with van der Waals surface area (Å²) in [6, 6.07) is -0.739. The monoisotopic (exact) mass is 252 g/mol. The Bertz CT molecular complexity index is 415. The molecule has 1 aromatic rings. The fourth-order valence-corrected chi connectivity index (χ4v) is 1.34. The Labute approximate surface area is 94.2 Å². The minimum Gasteiger partial charge on any atom is -0.396 e. The molecule has 0 saturated heterocycles. The number of hydrogen-bond acceptors (Lipinski definition) is 4. The van der Waals surface area contributed by atoms with Gasteiger partial charge in [-0.05, 0) is 13.3 Å². The fraction of sp³-hybridized carbons (Fsp3) is 0.625. The number of aromatic nitrogens is 3. The summed E-state index contributed by atoms with van der Waals surface area (Å²) in [6.07, 6.45) is -4.72. The molecule has 1 heterocycles. The highest BCUT2D eigenvalue weighted by Gasteiger charge is 2.41. The number of carbonyl (C=O) groups is 1. The van der Waals surface area contributed by atoms with Gasteiger partial charge in [0.25, 0.3) is 5.91 Å². The molecular formula is C8H11F3N4O2. The van der Waals surface area contributed by atoms with E-state index in [9.17, 15) is 18.0 Å². The number of nitrogens with zero attached hydrogens (tertiary/aromatic N) is 3. The SMILES string of the molecule is CC(CCO)n1nnc(C(N)=O)c1C(F)(F)F. The molecule has 6 nitrogen and oxygen atoms in total. The van der Waals surface area contributed by atoms with Gasteiger partial charge >= 0.3 is 6.18 Å². The third-order valence-corrected chi connectivity index (χ3v) is 2.16. The van der Waals surface area contributed by atoms with E-state index in [0.29, 0.717) is 4.68 Å². The number of carbonyl (C=O) groups excluding carboxylic acids is 1. The van der Waals surface area contributed by atoms with Crippen molar-refractivity contribution >= 4 is 5.91 Å². The van der Waals surface area contributed by atoms with Crippen LogP contribution in [-0.4, -0.2) is 32.6 Å². The van der Waals surface area contributed by atoms with Gasteiger partial charge in [-0.1, -0.05) is 5.21 Å². The van der Waals surface area contributed by atoms with Gasteiger partial charge in [-0.15, -0.1) is 5.10 Å². The highest BCUT2D eigenvalue weighted by atomic mass is 19.4. The van der Waals surface area contributed by atoms with E-state index >= 15 is 0 Å². The lowest BCUT2D eigenvalue weighted by Crippen LogP contribution is -2.23. The van der Waals surface area contributed by atoms with Crippen LogP contribution >= 0.6 is 0 Å². The van der Waals surface area contributed by atoms with E-state index in [1.54, 1.807) is 0 Å². The van der Waals surface area contributed by atoms with Crippen LogP contribution in [0.25, 0.3) is 0 Å². The molecule has 1 rings (SSSR count). The first kappa shape index (κ1) is 13.4. The number of rotatable bonds is 4. The van der Waals surface area contributed by atoms with Crippen LogP contribution in [0.15, 0.2) is 0 Å². The van der Waals surface area contributed by atoms with Crippen LogP contribution in [0.4, 0.5) is 13.2 Å². The topological polar surface area (TPSA) is 94.0 Å². The second-order valence-corrected chi connectivity index (χ2v) is 3.45. The number of halogens is 3. The molecule has 0 aliphatic carbocycles. The Balaban J connectivity index is 3.28. The van der Waals surface area contributed by atoms with Gasteiger partial charge in [0.05, 0.1) is 6.04 Å². The predicted molar refractivity (Wildman–Crippen MR) is 50.0 cm³/mol. The number of amides is 1. The zero-order chi connectivity index (χ0) is 13.2. The lowest BCUT2D eigenvalue weighted by molar-refractivity contribution is -0.145. The van der Waals surface area contributed by atoms with Crippen molar-refractivity contribution in [3.63, 3.8) is 0 Å². The Morgan fingerprint density at radius 1 is 1.59 bits per heavy atom. The van der Waals surface area contributed by atoms with Gasteiger partial charge in [-0.25, -0.2) is 4.68 Å². The number of hydrogen-bond donors (Lipinski definition) is 2. The van der Waals surface area contributed by atoms with E-state index in [2.05, 4.69) is 10.3 Å². The van der Waals surface area contributed by atoms with Crippen molar-refractivity contribution in [3.8, 4) is 0 Å². The van der Waals surface area contributed by atoms with Gasteiger partial charge in [0.15, 0.2) is 11.4 Å². The molecule has 96 valence electrons. The molecule has 0 bridgehead atoms. The Morgan fingerprint density at radius 2 is 2.18 bits per heavy atom. The molecule has 0 spiro atoms. The van der Waals surface area contributed by atoms with Crippen molar-refractivity contribution in [1.82, 2.24) is 15.0 Å². The number of primary amides is 1. The van der Waals surface area contributed by atoms with Crippen LogP contribution in [-0.2, 0) is 6.18 Å². The van der Waals surface area contributed by atoms with E-state index in [4.69, 9.17) is 10.8 Å². The van der Waals surface area contributed by atoms with Gasteiger partial charge in [-0.3, -0.25) is 4.79 Å². The molecule has 1 amide bonds. The second-order valence-electron chi connectivity index (χ2n) is 3.45. The summed E-state index contributed by atoms with van der Waals surface area (Å²) in [7, 11) is 0. The zero-order valence-corrected chi connectivity index (χ0v) is 8.90. The van der Waals surface area contributed by atoms with Crippen molar-refractivity contribution in [2.45, 2.75) is 25.6 Å². The van der Waals surface area contributed by atoms with Crippen molar-refractivity contribution < 1.29 is 23.1 Å². The molecule has 0 fully saturated rings. The first-order chi connectivity index (χ1) is 7.79. The number of aliphatic hydroxyl groups excluding tert-OH is 1. The quantitative estimate of drug-likeness (QED) is 0.807. The van der Waals surface area contributed by atoms with Gasteiger partial charge in [-0.2, -0.15) is 13.2 Å². The van der Waals surface area contributed by atoms with Gasteiger partial charge in [0.1, 0.15) is 0 Å². The number of alkyl halides is 3. The lowest BCUT2D eigenvalue weighted by Gasteiger charge is -2.15. The summed E-state index contributed by atoms with van der Waals surface area (Å²) in [4.78, 5) is 10.8. The third-order valence-electron chi connectivity index (χ3n) is 2.16. The molecule has 1 aromatic heterocycles. The molecule has 17 heavy (non-hydrogen) atoms. The largest absolute Gasteiger partial charge is 0.435 e. The Morgan fingerprint density at radius 3 is 2.59 bits per heavy atom. The van der Waals surface area contributed by atoms with Crippen LogP contribution in [0.3, 0.4) is 0 Å². The van der Waals surface area contributed by atoms with E-state index in [0.717, 1.165) is 0 Å². The third kappa shape index (κ3) is 2.73. The molecule has 0 radical (unpaired) electrons. The van der Waals surface area contributed by atoms with Crippen LogP contribution in [0.5, 0.6) is 0 Å². The zero-order valence-electron chi connectivity index (χ0n) is 8.90. The summed E-state index contributed by atoms with van der Waals surface area (Å²) < 4.78 is 38.7. The minimum absolute atomic E-state index is 0.0602. The predicted octanol–water partition coefficient (Wildman–Crippen LogP) is 0.339. The van der Waals surface area contributed by atoms with Gasteiger partial charge < -0.3 is 10.8 Å². The van der Waals surface area contributed by atoms with E-state index in [1.807, 2.05) is 0 Å². The van der Waals surface area contributed by atoms with Gasteiger partial charge in [0, 0.05) is 6.61 Å². The fourth-order valence-electron chi connectivity index (χ4n) is 1.34. The van der Waals surface area contributed by atoms with Crippen molar-refractivity contribution in [2.75, 3.05) is 6.61 Å². The molecule has 1 unspecified atom stereocenters. The summed E-state index contributed by atoms with van der Waals surface area (Å²) >= 11 is 0. The number of aliphatic hydroxyl groups is 1. The van der Waals surface area contributed by atoms with E-state index in [1.165, 1.54) is 6.92 Å². The maximum Gasteiger partial charge on any atom is 0.435 e. The molecule has 0 aromatic carbocycles. The van der Waals surface area contributed by atoms with E-state index < -0.39 is 29.5 Å². The first-order valence-electron chi connectivity index (χ1n) is 4.72. The Hall–Kier alpha value is -1.64. The van der Waals surface area contributed by atoms with Crippen LogP contribution in [0, 0.1) is 0 Å². The average Bonchev–Trinajstić information content (AvgIpc) is 2.61. The van der Waals surface area contributed by atoms with Crippen molar-refractivity contribution in [3.05, 3.63) is 11.4 Å². The average molecular weight is 252 g/mol. The maximum absolute atomic E-state index is 12.7. The molecular weight excluding hydrogens is 241 g/mol. The van der Waals surface area contributed by atoms with Crippen molar-refractivity contribution in [2.24, 2.45) is 5.73 Å². The molecule has 1 atom stereocenters. The van der Waals surface area contributed by atoms with E-state index in [-0.39, 0.29) is 13.0 Å². The van der Waals surface area contributed by atoms with Crippen LogP contribution in [0.1, 0.15) is 35.6 Å². The molecule has 0 aliphatic heterocycles. The smallest absolute Gasteiger partial charge is 0.396 e. The molecule has 3 N–H and O–H groups in total. The maximum atomic E-state index is 12.7. The Kier molecular flexibility index (Phi) is 3.71. The summed E-state index contributed by atoms with van der Waals surface area (Å²) in [5.41, 5.74) is 2.59. The minimum atomic E-state index is -4.78. The second kappa shape index (κ2) is 4.70. The standard InChI is InChI=1S/C8H11F3N4O2/c1-4(2-3-16)15-6(8(9,10)11)5(7(12)17)13-14-15/h4,16H,2-3H2,1H3,(H2,12,17). The van der Waals surface area contributed by atoms with Crippen molar-refractivity contribution in [1.29, 1.82) is 0 Å². The van der Waals surface area contributed by atoms with Gasteiger partial charge in [0.2, 0.25) is 0 Å².